The van der Waals surface area contributed by atoms with Crippen molar-refractivity contribution in [3.8, 4) is 0 Å². The van der Waals surface area contributed by atoms with E-state index in [1.807, 2.05) is 0 Å². The molecule has 0 heteroatoms. The Bertz CT molecular complexity index is 256. The topological polar surface area (TPSA) is 0 Å². The normalized spacial score (nSPS) is 12.3. The van der Waals surface area contributed by atoms with Crippen LogP contribution < -0.4 is 0 Å². The van der Waals surface area contributed by atoms with Gasteiger partial charge in [0.25, 0.3) is 0 Å². The monoisotopic (exact) mass is 336 g/mol. The van der Waals surface area contributed by atoms with Crippen LogP contribution in [0.2, 0.25) is 0 Å². The summed E-state index contributed by atoms with van der Waals surface area (Å²) in [6.07, 6.45) is 28.9. The van der Waals surface area contributed by atoms with Crippen LogP contribution in [0.3, 0.4) is 0 Å². The zero-order chi connectivity index (χ0) is 17.9. The van der Waals surface area contributed by atoms with Gasteiger partial charge in [-0.3, -0.25) is 0 Å². The molecule has 0 aromatic carbocycles. The minimum absolute atomic E-state index is 0.530. The fourth-order valence-corrected chi connectivity index (χ4v) is 3.26. The molecule has 0 rings (SSSR count). The lowest BCUT2D eigenvalue weighted by atomic mass is 9.89. The molecule has 0 spiro atoms. The molecule has 0 radical (unpaired) electrons. The first-order valence-electron chi connectivity index (χ1n) is 11.2. The maximum Gasteiger partial charge on any atom is -0.0351 e. The molecule has 24 heavy (non-hydrogen) atoms. The van der Waals surface area contributed by atoms with Gasteiger partial charge in [0.05, 0.1) is 0 Å². The maximum absolute atomic E-state index is 2.43. The smallest absolute Gasteiger partial charge is 0.0351 e. The van der Waals surface area contributed by atoms with Crippen molar-refractivity contribution in [2.45, 2.75) is 137 Å². The van der Waals surface area contributed by atoms with Crippen LogP contribution in [0, 0.1) is 5.41 Å². The summed E-state index contributed by atoms with van der Waals surface area (Å²) in [5.74, 6) is 0. The highest BCUT2D eigenvalue weighted by atomic mass is 14.1. The van der Waals surface area contributed by atoms with Crippen molar-refractivity contribution in [1.29, 1.82) is 0 Å². The first kappa shape index (κ1) is 23.7. The first-order chi connectivity index (χ1) is 11.6. The van der Waals surface area contributed by atoms with E-state index in [1.54, 1.807) is 0 Å². The zero-order valence-corrected chi connectivity index (χ0v) is 17.7. The molecule has 144 valence electrons. The summed E-state index contributed by atoms with van der Waals surface area (Å²) in [4.78, 5) is 0. The van der Waals surface area contributed by atoms with Gasteiger partial charge in [-0.2, -0.15) is 0 Å². The summed E-state index contributed by atoms with van der Waals surface area (Å²) >= 11 is 0. The molecule has 0 atom stereocenters. The second-order valence-corrected chi connectivity index (χ2v) is 8.96. The Morgan fingerprint density at radius 3 is 1.29 bits per heavy atom. The van der Waals surface area contributed by atoms with E-state index in [-0.39, 0.29) is 0 Å². The molecule has 0 amide bonds. The lowest BCUT2D eigenvalue weighted by Gasteiger charge is -2.17. The van der Waals surface area contributed by atoms with Crippen LogP contribution in [0.25, 0.3) is 0 Å². The van der Waals surface area contributed by atoms with Gasteiger partial charge in [0.15, 0.2) is 0 Å². The van der Waals surface area contributed by atoms with E-state index in [9.17, 15) is 0 Å². The Hall–Kier alpha value is -0.260. The van der Waals surface area contributed by atoms with Crippen LogP contribution in [0.15, 0.2) is 12.2 Å². The number of hydrogen-bond donors (Lipinski definition) is 0. The molecule has 0 aliphatic carbocycles. The molecular weight excluding hydrogens is 288 g/mol. The van der Waals surface area contributed by atoms with Crippen molar-refractivity contribution in [3.05, 3.63) is 12.2 Å². The largest absolute Gasteiger partial charge is 0.0885 e. The highest BCUT2D eigenvalue weighted by molar-refractivity contribution is 4.81. The van der Waals surface area contributed by atoms with Crippen molar-refractivity contribution in [2.75, 3.05) is 0 Å². The fourth-order valence-electron chi connectivity index (χ4n) is 3.26. The lowest BCUT2D eigenvalue weighted by Crippen LogP contribution is -2.03. The van der Waals surface area contributed by atoms with Gasteiger partial charge in [0.2, 0.25) is 0 Å². The third kappa shape index (κ3) is 21.7. The molecule has 0 aliphatic rings. The van der Waals surface area contributed by atoms with Crippen LogP contribution in [0.1, 0.15) is 137 Å². The molecule has 0 fully saturated rings. The van der Waals surface area contributed by atoms with Gasteiger partial charge in [0, 0.05) is 0 Å². The second-order valence-electron chi connectivity index (χ2n) is 8.96. The summed E-state index contributed by atoms with van der Waals surface area (Å²) in [5, 5.41) is 0. The zero-order valence-electron chi connectivity index (χ0n) is 17.7. The van der Waals surface area contributed by atoms with Gasteiger partial charge in [-0.15, -0.1) is 0 Å². The number of hydrogen-bond acceptors (Lipinski definition) is 0. The molecule has 0 heterocycles. The standard InChI is InChI=1S/C24H48/c1-5-6-7-8-9-10-11-12-13-14-15-16-17-18-19-20-21-22-23-24(2,3)4/h12-13H,5-11,14-23H2,1-4H3/b13-12+. The van der Waals surface area contributed by atoms with Crippen molar-refractivity contribution >= 4 is 0 Å². The Labute approximate surface area is 154 Å². The van der Waals surface area contributed by atoms with Gasteiger partial charge in [-0.25, -0.2) is 0 Å². The SMILES string of the molecule is CCCCCCCC/C=C/CCCCCCCCCCC(C)(C)C. The van der Waals surface area contributed by atoms with Gasteiger partial charge < -0.3 is 0 Å². The van der Waals surface area contributed by atoms with E-state index >= 15 is 0 Å². The highest BCUT2D eigenvalue weighted by Gasteiger charge is 2.08. The Morgan fingerprint density at radius 2 is 0.875 bits per heavy atom. The van der Waals surface area contributed by atoms with E-state index in [0.717, 1.165) is 0 Å². The van der Waals surface area contributed by atoms with Crippen LogP contribution in [0.5, 0.6) is 0 Å². The van der Waals surface area contributed by atoms with E-state index in [2.05, 4.69) is 39.8 Å². The maximum atomic E-state index is 2.43. The van der Waals surface area contributed by atoms with Crippen molar-refractivity contribution < 1.29 is 0 Å². The van der Waals surface area contributed by atoms with Gasteiger partial charge >= 0.3 is 0 Å². The highest BCUT2D eigenvalue weighted by Crippen LogP contribution is 2.22. The minimum atomic E-state index is 0.530. The number of allylic oxidation sites excluding steroid dienone is 2. The van der Waals surface area contributed by atoms with Gasteiger partial charge in [-0.05, 0) is 37.5 Å². The number of rotatable bonds is 17. The molecule has 0 unspecified atom stereocenters. The van der Waals surface area contributed by atoms with Crippen molar-refractivity contribution in [3.63, 3.8) is 0 Å². The van der Waals surface area contributed by atoms with Gasteiger partial charge in [0.1, 0.15) is 0 Å². The molecule has 0 saturated heterocycles. The number of unbranched alkanes of at least 4 members (excludes halogenated alkanes) is 14. The predicted molar refractivity (Wildman–Crippen MR) is 113 cm³/mol. The predicted octanol–water partition coefficient (Wildman–Crippen LogP) is 9.24. The molecule has 0 saturated carbocycles. The Kier molecular flexibility index (Phi) is 17.4. The van der Waals surface area contributed by atoms with E-state index in [0.29, 0.717) is 5.41 Å². The fraction of sp³-hybridized carbons (Fsp3) is 0.917. The third-order valence-corrected chi connectivity index (χ3v) is 4.94. The van der Waals surface area contributed by atoms with Crippen molar-refractivity contribution in [1.82, 2.24) is 0 Å². The average Bonchev–Trinajstić information content (AvgIpc) is 2.52. The van der Waals surface area contributed by atoms with Crippen LogP contribution in [-0.2, 0) is 0 Å². The Balaban J connectivity index is 3.10. The second kappa shape index (κ2) is 17.6. The summed E-state index contributed by atoms with van der Waals surface area (Å²) in [6, 6.07) is 0. The molecule has 0 N–H and O–H groups in total. The lowest BCUT2D eigenvalue weighted by molar-refractivity contribution is 0.356. The van der Waals surface area contributed by atoms with Crippen LogP contribution >= 0.6 is 0 Å². The minimum Gasteiger partial charge on any atom is -0.0885 e. The van der Waals surface area contributed by atoms with E-state index in [4.69, 9.17) is 0 Å². The van der Waals surface area contributed by atoms with E-state index in [1.165, 1.54) is 109 Å². The molecule has 0 aliphatic heterocycles. The summed E-state index contributed by atoms with van der Waals surface area (Å²) < 4.78 is 0. The molecule has 0 bridgehead atoms. The molecule has 0 aromatic rings. The molecular formula is C24H48. The van der Waals surface area contributed by atoms with Crippen LogP contribution in [0.4, 0.5) is 0 Å². The average molecular weight is 337 g/mol. The molecule has 0 aromatic heterocycles. The first-order valence-corrected chi connectivity index (χ1v) is 11.2. The van der Waals surface area contributed by atoms with Crippen LogP contribution in [-0.4, -0.2) is 0 Å². The van der Waals surface area contributed by atoms with Crippen molar-refractivity contribution in [2.24, 2.45) is 5.41 Å². The van der Waals surface area contributed by atoms with Gasteiger partial charge in [-0.1, -0.05) is 117 Å². The Morgan fingerprint density at radius 1 is 0.500 bits per heavy atom. The molecule has 0 nitrogen and oxygen atoms in total. The van der Waals surface area contributed by atoms with E-state index < -0.39 is 0 Å². The third-order valence-electron chi connectivity index (χ3n) is 4.94. The summed E-state index contributed by atoms with van der Waals surface area (Å²) in [7, 11) is 0. The summed E-state index contributed by atoms with van der Waals surface area (Å²) in [6.45, 7) is 9.36. The quantitative estimate of drug-likeness (QED) is 0.183. The summed E-state index contributed by atoms with van der Waals surface area (Å²) in [5.41, 5.74) is 0.530.